The van der Waals surface area contributed by atoms with Gasteiger partial charge in [0.15, 0.2) is 0 Å². The number of rotatable bonds is 4. The van der Waals surface area contributed by atoms with Gasteiger partial charge in [0.2, 0.25) is 0 Å². The Labute approximate surface area is 123 Å². The first-order chi connectivity index (χ1) is 10.0. The highest BCUT2D eigenvalue weighted by Gasteiger charge is 2.38. The molecule has 0 radical (unpaired) electrons. The molecule has 0 bridgehead atoms. The molecule has 0 saturated carbocycles. The van der Waals surface area contributed by atoms with Crippen LogP contribution in [0.1, 0.15) is 25.3 Å². The van der Waals surface area contributed by atoms with Crippen molar-refractivity contribution in [1.29, 1.82) is 0 Å². The number of nitrogens with one attached hydrogen (secondary N) is 1. The third-order valence-electron chi connectivity index (χ3n) is 3.57. The largest absolute Gasteiger partial charge is 0.480 e. The first-order valence-electron chi connectivity index (χ1n) is 7.08. The Morgan fingerprint density at radius 1 is 1.33 bits per heavy atom. The number of likely N-dealkylation sites (tertiary alicyclic amines) is 1. The van der Waals surface area contributed by atoms with Crippen LogP contribution in [0, 0.1) is 0 Å². The number of amides is 2. The number of hydrogen-bond acceptors (Lipinski definition) is 3. The average Bonchev–Trinajstić information content (AvgIpc) is 2.84. The molecule has 1 aromatic carbocycles. The van der Waals surface area contributed by atoms with Crippen molar-refractivity contribution in [1.82, 2.24) is 4.90 Å². The Balaban J connectivity index is 2.01. The van der Waals surface area contributed by atoms with Crippen LogP contribution in [0.25, 0.3) is 0 Å². The predicted octanol–water partition coefficient (Wildman–Crippen LogP) is 1.69. The number of benzene rings is 1. The van der Waals surface area contributed by atoms with E-state index in [1.807, 2.05) is 12.1 Å². The summed E-state index contributed by atoms with van der Waals surface area (Å²) >= 11 is 0. The monoisotopic (exact) mass is 292 g/mol. The van der Waals surface area contributed by atoms with E-state index >= 15 is 0 Å². The number of urea groups is 1. The number of carboxylic acids is 1. The van der Waals surface area contributed by atoms with Crippen molar-refractivity contribution in [2.24, 2.45) is 0 Å². The molecule has 1 saturated heterocycles. The summed E-state index contributed by atoms with van der Waals surface area (Å²) in [6.07, 6.45) is 1.31. The number of aliphatic carboxylic acids is 1. The average molecular weight is 292 g/mol. The summed E-state index contributed by atoms with van der Waals surface area (Å²) in [6, 6.07) is 6.00. The lowest BCUT2D eigenvalue weighted by Crippen LogP contribution is -2.43. The van der Waals surface area contributed by atoms with Gasteiger partial charge >= 0.3 is 12.0 Å². The second kappa shape index (κ2) is 6.58. The van der Waals surface area contributed by atoms with Crippen LogP contribution in [0.15, 0.2) is 24.3 Å². The van der Waals surface area contributed by atoms with Crippen LogP contribution in [0.5, 0.6) is 0 Å². The molecule has 2 rings (SSSR count). The van der Waals surface area contributed by atoms with E-state index < -0.39 is 24.1 Å². The fourth-order valence-electron chi connectivity index (χ4n) is 2.51. The van der Waals surface area contributed by atoms with Crippen LogP contribution in [-0.4, -0.2) is 45.8 Å². The second-order valence-electron chi connectivity index (χ2n) is 5.27. The molecule has 2 atom stereocenters. The zero-order chi connectivity index (χ0) is 15.4. The molecule has 6 heteroatoms. The van der Waals surface area contributed by atoms with E-state index in [9.17, 15) is 14.7 Å². The van der Waals surface area contributed by atoms with Gasteiger partial charge in [-0.05, 0) is 24.1 Å². The number of aryl methyl sites for hydroxylation is 1. The van der Waals surface area contributed by atoms with Crippen molar-refractivity contribution in [2.45, 2.75) is 38.3 Å². The molecule has 3 N–H and O–H groups in total. The van der Waals surface area contributed by atoms with E-state index in [2.05, 4.69) is 12.2 Å². The van der Waals surface area contributed by atoms with Gasteiger partial charge in [-0.2, -0.15) is 0 Å². The third-order valence-corrected chi connectivity index (χ3v) is 3.57. The lowest BCUT2D eigenvalue weighted by atomic mass is 10.1. The van der Waals surface area contributed by atoms with Crippen LogP contribution < -0.4 is 5.32 Å². The lowest BCUT2D eigenvalue weighted by Gasteiger charge is -2.21. The van der Waals surface area contributed by atoms with Gasteiger partial charge in [-0.25, -0.2) is 9.59 Å². The maximum absolute atomic E-state index is 12.1. The van der Waals surface area contributed by atoms with Gasteiger partial charge in [-0.1, -0.05) is 25.5 Å². The zero-order valence-corrected chi connectivity index (χ0v) is 12.0. The highest BCUT2D eigenvalue weighted by Crippen LogP contribution is 2.20. The van der Waals surface area contributed by atoms with Crippen molar-refractivity contribution in [2.75, 3.05) is 11.9 Å². The molecule has 0 aliphatic carbocycles. The molecule has 2 unspecified atom stereocenters. The lowest BCUT2D eigenvalue weighted by molar-refractivity contribution is -0.141. The van der Waals surface area contributed by atoms with Crippen molar-refractivity contribution in [3.63, 3.8) is 0 Å². The summed E-state index contributed by atoms with van der Waals surface area (Å²) in [4.78, 5) is 24.4. The Bertz CT molecular complexity index is 515. The molecule has 2 amide bonds. The molecule has 0 spiro atoms. The molecule has 1 fully saturated rings. The van der Waals surface area contributed by atoms with E-state index in [1.54, 1.807) is 12.1 Å². The standard InChI is InChI=1S/C15H20N2O4/c1-2-3-10-4-6-11(7-5-10)16-15(21)17-9-12(18)8-13(17)14(19)20/h4-7,12-13,18H,2-3,8-9H2,1H3,(H,16,21)(H,19,20). The smallest absolute Gasteiger partial charge is 0.326 e. The van der Waals surface area contributed by atoms with Crippen LogP contribution >= 0.6 is 0 Å². The van der Waals surface area contributed by atoms with Crippen molar-refractivity contribution in [3.8, 4) is 0 Å². The van der Waals surface area contributed by atoms with Gasteiger partial charge < -0.3 is 20.4 Å². The Hall–Kier alpha value is -2.08. The van der Waals surface area contributed by atoms with E-state index in [0.717, 1.165) is 17.7 Å². The molecule has 6 nitrogen and oxygen atoms in total. The molecule has 1 aromatic rings. The van der Waals surface area contributed by atoms with Gasteiger partial charge in [-0.15, -0.1) is 0 Å². The summed E-state index contributed by atoms with van der Waals surface area (Å²) in [5.41, 5.74) is 1.81. The van der Waals surface area contributed by atoms with E-state index in [1.165, 1.54) is 5.56 Å². The summed E-state index contributed by atoms with van der Waals surface area (Å²) in [6.45, 7) is 2.14. The first kappa shape index (κ1) is 15.3. The fraction of sp³-hybridized carbons (Fsp3) is 0.467. The van der Waals surface area contributed by atoms with Gasteiger partial charge in [-0.3, -0.25) is 0 Å². The Morgan fingerprint density at radius 2 is 2.00 bits per heavy atom. The number of carbonyl (C=O) groups excluding carboxylic acids is 1. The number of aliphatic hydroxyl groups is 1. The summed E-state index contributed by atoms with van der Waals surface area (Å²) in [5, 5.41) is 21.3. The fourth-order valence-corrected chi connectivity index (χ4v) is 2.51. The molecule has 1 heterocycles. The molecular weight excluding hydrogens is 272 g/mol. The van der Waals surface area contributed by atoms with Crippen molar-refractivity contribution >= 4 is 17.7 Å². The highest BCUT2D eigenvalue weighted by atomic mass is 16.4. The van der Waals surface area contributed by atoms with E-state index in [0.29, 0.717) is 5.69 Å². The third kappa shape index (κ3) is 3.72. The highest BCUT2D eigenvalue weighted by molar-refractivity contribution is 5.92. The number of β-amino-alcohol motifs (C(OH)–C–C–N with tert-alkyl or cyclic N) is 1. The molecule has 21 heavy (non-hydrogen) atoms. The van der Waals surface area contributed by atoms with Gasteiger partial charge in [0.25, 0.3) is 0 Å². The minimum absolute atomic E-state index is 0.0384. The number of aliphatic hydroxyl groups excluding tert-OH is 1. The topological polar surface area (TPSA) is 89.9 Å². The van der Waals surface area contributed by atoms with Crippen LogP contribution in [-0.2, 0) is 11.2 Å². The van der Waals surface area contributed by atoms with Crippen LogP contribution in [0.4, 0.5) is 10.5 Å². The SMILES string of the molecule is CCCc1ccc(NC(=O)N2CC(O)CC2C(=O)O)cc1. The minimum atomic E-state index is -1.10. The van der Waals surface area contributed by atoms with E-state index in [-0.39, 0.29) is 13.0 Å². The summed E-state index contributed by atoms with van der Waals surface area (Å²) in [7, 11) is 0. The molecule has 0 aromatic heterocycles. The first-order valence-corrected chi connectivity index (χ1v) is 7.08. The van der Waals surface area contributed by atoms with E-state index in [4.69, 9.17) is 5.11 Å². The predicted molar refractivity (Wildman–Crippen MR) is 78.2 cm³/mol. The Morgan fingerprint density at radius 3 is 2.57 bits per heavy atom. The number of carbonyl (C=O) groups is 2. The molecular formula is C15H20N2O4. The van der Waals surface area contributed by atoms with Gasteiger partial charge in [0, 0.05) is 18.7 Å². The second-order valence-corrected chi connectivity index (χ2v) is 5.27. The number of nitrogens with zero attached hydrogens (tertiary/aromatic N) is 1. The maximum atomic E-state index is 12.1. The summed E-state index contributed by atoms with van der Waals surface area (Å²) in [5.74, 6) is -1.10. The molecule has 1 aliphatic heterocycles. The van der Waals surface area contributed by atoms with Crippen molar-refractivity contribution in [3.05, 3.63) is 29.8 Å². The number of anilines is 1. The van der Waals surface area contributed by atoms with Gasteiger partial charge in [0.05, 0.1) is 6.10 Å². The maximum Gasteiger partial charge on any atom is 0.326 e. The Kier molecular flexibility index (Phi) is 4.80. The van der Waals surface area contributed by atoms with Crippen molar-refractivity contribution < 1.29 is 19.8 Å². The van der Waals surface area contributed by atoms with Gasteiger partial charge in [0.1, 0.15) is 6.04 Å². The molecule has 1 aliphatic rings. The zero-order valence-electron chi connectivity index (χ0n) is 12.0. The van der Waals surface area contributed by atoms with Crippen LogP contribution in [0.2, 0.25) is 0 Å². The normalized spacial score (nSPS) is 21.3. The number of carboxylic acid groups (broad SMARTS) is 1. The summed E-state index contributed by atoms with van der Waals surface area (Å²) < 4.78 is 0. The quantitative estimate of drug-likeness (QED) is 0.787. The molecule has 114 valence electrons. The minimum Gasteiger partial charge on any atom is -0.480 e. The van der Waals surface area contributed by atoms with Crippen LogP contribution in [0.3, 0.4) is 0 Å². The number of hydrogen-bond donors (Lipinski definition) is 3.